The van der Waals surface area contributed by atoms with Gasteiger partial charge in [-0.15, -0.1) is 0 Å². The van der Waals surface area contributed by atoms with Crippen molar-refractivity contribution in [3.8, 4) is 17.0 Å². The van der Waals surface area contributed by atoms with Crippen molar-refractivity contribution in [2.45, 2.75) is 31.0 Å². The molecule has 1 fully saturated rings. The molecule has 1 atom stereocenters. The van der Waals surface area contributed by atoms with E-state index < -0.39 is 27.5 Å². The van der Waals surface area contributed by atoms with E-state index in [2.05, 4.69) is 21.6 Å². The van der Waals surface area contributed by atoms with Crippen LogP contribution in [0.25, 0.3) is 11.3 Å². The van der Waals surface area contributed by atoms with Crippen molar-refractivity contribution in [3.05, 3.63) is 59.1 Å². The van der Waals surface area contributed by atoms with Gasteiger partial charge in [-0.3, -0.25) is 4.72 Å². The fraction of sp³-hybridized carbons (Fsp3) is 0.320. The number of carbonyl (C=O) groups excluding carboxylic acids is 2. The molecule has 1 N–H and O–H groups in total. The Bertz CT molecular complexity index is 1460. The zero-order valence-corrected chi connectivity index (χ0v) is 22.4. The van der Waals surface area contributed by atoms with Gasteiger partial charge in [0, 0.05) is 18.7 Å². The van der Waals surface area contributed by atoms with Crippen LogP contribution in [0.5, 0.6) is 5.75 Å². The molecule has 0 spiro atoms. The Labute approximate surface area is 228 Å². The lowest BCUT2D eigenvalue weighted by molar-refractivity contribution is -0.191. The normalized spacial score (nSPS) is 15.5. The molecule has 2 aromatic heterocycles. The second kappa shape index (κ2) is 12.5. The summed E-state index contributed by atoms with van der Waals surface area (Å²) in [4.78, 5) is 26.6. The molecule has 0 amide bonds. The molecule has 0 aliphatic carbocycles. The van der Waals surface area contributed by atoms with E-state index in [0.717, 1.165) is 38.1 Å². The van der Waals surface area contributed by atoms with Gasteiger partial charge in [-0.25, -0.2) is 9.97 Å². The summed E-state index contributed by atoms with van der Waals surface area (Å²) in [5, 5.41) is -0.264. The number of ether oxygens (including phenoxy) is 1. The predicted octanol–water partition coefficient (Wildman–Crippen LogP) is 5.28. The van der Waals surface area contributed by atoms with Crippen LogP contribution in [0.1, 0.15) is 25.3 Å². The Morgan fingerprint density at radius 3 is 2.49 bits per heavy atom. The Balaban J connectivity index is 0.00000134. The lowest BCUT2D eigenvalue weighted by atomic mass is 10.0. The highest BCUT2D eigenvalue weighted by Crippen LogP contribution is 2.40. The van der Waals surface area contributed by atoms with Gasteiger partial charge in [0.25, 0.3) is 10.0 Å². The minimum atomic E-state index is -4.76. The Hall–Kier alpha value is -3.67. The molecule has 0 radical (unpaired) electrons. The monoisotopic (exact) mass is 584 g/mol. The number of pyridine rings is 2. The highest BCUT2D eigenvalue weighted by molar-refractivity contribution is 7.92. The molecule has 4 rings (SSSR count). The summed E-state index contributed by atoms with van der Waals surface area (Å²) >= 11 is 6.18. The van der Waals surface area contributed by atoms with Crippen molar-refractivity contribution in [3.63, 3.8) is 0 Å². The first-order valence-corrected chi connectivity index (χ1v) is 13.4. The predicted molar refractivity (Wildman–Crippen MR) is 137 cm³/mol. The maximum absolute atomic E-state index is 13.8. The molecule has 0 saturated carbocycles. The quantitative estimate of drug-likeness (QED) is 0.416. The molecule has 3 aromatic rings. The molecule has 208 valence electrons. The van der Waals surface area contributed by atoms with Gasteiger partial charge >= 0.3 is 12.3 Å². The average Bonchev–Trinajstić information content (AvgIpc) is 2.88. The van der Waals surface area contributed by atoms with Crippen LogP contribution in [0.15, 0.2) is 53.6 Å². The second-order valence-electron chi connectivity index (χ2n) is 8.65. The molecule has 3 heterocycles. The van der Waals surface area contributed by atoms with Gasteiger partial charge < -0.3 is 9.64 Å². The zero-order valence-electron chi connectivity index (χ0n) is 20.8. The highest BCUT2D eigenvalue weighted by atomic mass is 35.5. The number of rotatable bonds is 6. The fourth-order valence-corrected chi connectivity index (χ4v) is 5.25. The van der Waals surface area contributed by atoms with E-state index in [1.165, 1.54) is 31.4 Å². The Kier molecular flexibility index (Phi) is 9.54. The number of aromatic nitrogens is 2. The first-order chi connectivity index (χ1) is 18.4. The van der Waals surface area contributed by atoms with Crippen LogP contribution in [0.3, 0.4) is 0 Å². The summed E-state index contributed by atoms with van der Waals surface area (Å²) in [5.74, 6) is 0.935. The number of anilines is 2. The topological polar surface area (TPSA) is 119 Å². The summed E-state index contributed by atoms with van der Waals surface area (Å²) in [7, 11) is -2.89. The van der Waals surface area contributed by atoms with E-state index in [9.17, 15) is 21.6 Å². The lowest BCUT2D eigenvalue weighted by Gasteiger charge is -2.31. The zero-order chi connectivity index (χ0) is 28.8. The van der Waals surface area contributed by atoms with Crippen molar-refractivity contribution in [1.82, 2.24) is 9.97 Å². The van der Waals surface area contributed by atoms with Crippen LogP contribution in [0, 0.1) is 5.92 Å². The van der Waals surface area contributed by atoms with Crippen LogP contribution in [-0.2, 0) is 25.8 Å². The first-order valence-electron chi connectivity index (χ1n) is 11.6. The largest absolute Gasteiger partial charge is 0.497 e. The van der Waals surface area contributed by atoms with Gasteiger partial charge in [-0.1, -0.05) is 24.6 Å². The molecule has 1 aliphatic rings. The second-order valence-corrected chi connectivity index (χ2v) is 10.7. The van der Waals surface area contributed by atoms with Gasteiger partial charge in [0.2, 0.25) is 0 Å². The summed E-state index contributed by atoms with van der Waals surface area (Å²) < 4.78 is 74.8. The van der Waals surface area contributed by atoms with Crippen molar-refractivity contribution in [2.75, 3.05) is 29.8 Å². The van der Waals surface area contributed by atoms with E-state index >= 15 is 0 Å². The van der Waals surface area contributed by atoms with Crippen LogP contribution in [0.2, 0.25) is 5.02 Å². The maximum atomic E-state index is 13.8. The van der Waals surface area contributed by atoms with Crippen LogP contribution in [-0.4, -0.2) is 44.7 Å². The number of piperidine rings is 1. The fourth-order valence-electron chi connectivity index (χ4n) is 4.08. The van der Waals surface area contributed by atoms with Crippen molar-refractivity contribution < 1.29 is 35.9 Å². The highest BCUT2D eigenvalue weighted by Gasteiger charge is 2.35. The number of methoxy groups -OCH3 is 1. The summed E-state index contributed by atoms with van der Waals surface area (Å²) in [5.41, 5.74) is -1.65. The Morgan fingerprint density at radius 2 is 1.85 bits per heavy atom. The summed E-state index contributed by atoms with van der Waals surface area (Å²) in [6.45, 7) is 3.64. The molecule has 1 saturated heterocycles. The third-order valence-corrected chi connectivity index (χ3v) is 7.42. The van der Waals surface area contributed by atoms with Gasteiger partial charge in [-0.05, 0) is 61.2 Å². The van der Waals surface area contributed by atoms with E-state index in [4.69, 9.17) is 25.9 Å². The molecule has 14 heteroatoms. The molecule has 1 unspecified atom stereocenters. The number of nitrogens with one attached hydrogen (secondary N) is 1. The van der Waals surface area contributed by atoms with Crippen molar-refractivity contribution in [2.24, 2.45) is 5.92 Å². The molecular weight excluding hydrogens is 561 g/mol. The van der Waals surface area contributed by atoms with Crippen LogP contribution in [0.4, 0.5) is 24.8 Å². The molecule has 1 aromatic carbocycles. The Morgan fingerprint density at radius 1 is 1.13 bits per heavy atom. The number of sulfonamides is 1. The molecule has 1 aliphatic heterocycles. The van der Waals surface area contributed by atoms with Crippen LogP contribution >= 0.6 is 11.6 Å². The van der Waals surface area contributed by atoms with Crippen molar-refractivity contribution in [1.29, 1.82) is 0 Å². The number of halogens is 4. The number of nitrogens with zero attached hydrogens (tertiary/aromatic N) is 3. The number of hydrogen-bond acceptors (Lipinski definition) is 8. The minimum Gasteiger partial charge on any atom is -0.497 e. The van der Waals surface area contributed by atoms with E-state index in [0.29, 0.717) is 11.7 Å². The standard InChI is InChI=1S/C24H24ClF3N4O3S.CO2/c1-15-5-4-12-32(14-15)21-6-3-7-22(30-21)36(33,34)31-20-11-9-18(24(26,27)28)23(29-20)17-13-16(35-2)8-10-19(17)25;2-1-3/h3,6-11,13,15H,4-5,12,14H2,1-2H3,(H,29,31);. The maximum Gasteiger partial charge on any atom is 0.418 e. The molecule has 39 heavy (non-hydrogen) atoms. The number of alkyl halides is 3. The average molecular weight is 585 g/mol. The smallest absolute Gasteiger partial charge is 0.418 e. The SMILES string of the molecule is COc1ccc(Cl)c(-c2nc(NS(=O)(=O)c3cccc(N4CCCC(C)C4)n3)ccc2C(F)(F)F)c1.O=C=O. The lowest BCUT2D eigenvalue weighted by Crippen LogP contribution is -2.35. The molecular formula is C25H24ClF3N4O5S. The van der Waals surface area contributed by atoms with E-state index in [1.54, 1.807) is 12.1 Å². The van der Waals surface area contributed by atoms with E-state index in [-0.39, 0.29) is 33.3 Å². The number of benzene rings is 1. The summed E-state index contributed by atoms with van der Waals surface area (Å²) in [6, 6.07) is 10.5. The van der Waals surface area contributed by atoms with Gasteiger partial charge in [0.15, 0.2) is 5.03 Å². The van der Waals surface area contributed by atoms with Gasteiger partial charge in [0.1, 0.15) is 17.4 Å². The minimum absolute atomic E-state index is 0.000986. The van der Waals surface area contributed by atoms with Gasteiger partial charge in [-0.2, -0.15) is 31.2 Å². The molecule has 0 bridgehead atoms. The number of hydrogen-bond donors (Lipinski definition) is 1. The third kappa shape index (κ3) is 7.47. The summed E-state index contributed by atoms with van der Waals surface area (Å²) in [6.07, 6.45) is -2.44. The van der Waals surface area contributed by atoms with Gasteiger partial charge in [0.05, 0.1) is 23.4 Å². The first kappa shape index (κ1) is 29.9. The van der Waals surface area contributed by atoms with Crippen molar-refractivity contribution >= 4 is 39.4 Å². The molecule has 9 nitrogen and oxygen atoms in total. The third-order valence-electron chi connectivity index (χ3n) is 5.83. The van der Waals surface area contributed by atoms with E-state index in [1.807, 2.05) is 4.90 Å². The van der Waals surface area contributed by atoms with Crippen LogP contribution < -0.4 is 14.4 Å².